The molecule has 0 fully saturated rings. The number of rotatable bonds is 6. The van der Waals surface area contributed by atoms with Gasteiger partial charge in [0.2, 0.25) is 5.89 Å². The third-order valence-electron chi connectivity index (χ3n) is 4.22. The molecule has 0 spiro atoms. The monoisotopic (exact) mass is 433 g/mol. The van der Waals surface area contributed by atoms with Gasteiger partial charge in [-0.3, -0.25) is 4.79 Å². The molecule has 0 bridgehead atoms. The highest BCUT2D eigenvalue weighted by Crippen LogP contribution is 2.26. The van der Waals surface area contributed by atoms with Crippen molar-refractivity contribution in [3.8, 4) is 22.7 Å². The molecule has 30 heavy (non-hydrogen) atoms. The molecule has 11 heteroatoms. The second-order valence-electron chi connectivity index (χ2n) is 6.21. The Hall–Kier alpha value is -3.53. The zero-order valence-electron chi connectivity index (χ0n) is 15.0. The van der Waals surface area contributed by atoms with Crippen molar-refractivity contribution in [2.75, 3.05) is 0 Å². The summed E-state index contributed by atoms with van der Waals surface area (Å²) < 4.78 is 45.9. The van der Waals surface area contributed by atoms with Crippen LogP contribution in [0.3, 0.4) is 0 Å². The van der Waals surface area contributed by atoms with Crippen molar-refractivity contribution in [3.05, 3.63) is 70.5 Å². The summed E-state index contributed by atoms with van der Waals surface area (Å²) in [4.78, 5) is 10.9. The lowest BCUT2D eigenvalue weighted by Crippen LogP contribution is -2.03. The van der Waals surface area contributed by atoms with E-state index in [1.165, 1.54) is 16.8 Å². The van der Waals surface area contributed by atoms with Crippen LogP contribution in [-0.4, -0.2) is 31.5 Å². The van der Waals surface area contributed by atoms with Crippen molar-refractivity contribution < 1.29 is 22.4 Å². The maximum atomic E-state index is 14.5. The van der Waals surface area contributed by atoms with Crippen molar-refractivity contribution >= 4 is 17.9 Å². The Kier molecular flexibility index (Phi) is 5.32. The number of hydrogen-bond donors (Lipinski definition) is 0. The van der Waals surface area contributed by atoms with Gasteiger partial charge in [0.15, 0.2) is 6.29 Å². The van der Waals surface area contributed by atoms with Gasteiger partial charge in [0, 0.05) is 22.3 Å². The van der Waals surface area contributed by atoms with Gasteiger partial charge in [0.25, 0.3) is 5.89 Å². The fraction of sp³-hybridized carbons (Fsp3) is 0.105. The number of hydrogen-bond acceptors (Lipinski definition) is 6. The quantitative estimate of drug-likeness (QED) is 0.413. The van der Waals surface area contributed by atoms with Crippen LogP contribution in [0.5, 0.6) is 0 Å². The molecule has 0 aliphatic heterocycles. The molecule has 0 aliphatic carbocycles. The average molecular weight is 434 g/mol. The first-order valence-corrected chi connectivity index (χ1v) is 8.88. The first kappa shape index (κ1) is 19.8. The highest BCUT2D eigenvalue weighted by atomic mass is 35.5. The van der Waals surface area contributed by atoms with Gasteiger partial charge in [-0.15, -0.1) is 15.3 Å². The topological polar surface area (TPSA) is 86.7 Å². The van der Waals surface area contributed by atoms with Gasteiger partial charge in [-0.05, 0) is 24.3 Å². The van der Waals surface area contributed by atoms with Crippen LogP contribution in [0.4, 0.5) is 13.2 Å². The van der Waals surface area contributed by atoms with Gasteiger partial charge in [-0.25, -0.2) is 9.07 Å². The molecule has 7 nitrogen and oxygen atoms in total. The second kappa shape index (κ2) is 8.07. The largest absolute Gasteiger partial charge is 0.415 e. The summed E-state index contributed by atoms with van der Waals surface area (Å²) in [6.07, 6.45) is -0.647. The van der Waals surface area contributed by atoms with Crippen LogP contribution in [0.1, 0.15) is 28.2 Å². The van der Waals surface area contributed by atoms with E-state index in [2.05, 4.69) is 20.5 Å². The van der Waals surface area contributed by atoms with E-state index in [-0.39, 0.29) is 28.6 Å². The van der Waals surface area contributed by atoms with Crippen molar-refractivity contribution in [3.63, 3.8) is 0 Å². The average Bonchev–Trinajstić information content (AvgIpc) is 3.39. The van der Waals surface area contributed by atoms with Crippen molar-refractivity contribution in [1.82, 2.24) is 25.2 Å². The number of carbonyl (C=O) groups excluding carboxylic acids is 1. The van der Waals surface area contributed by atoms with Crippen molar-refractivity contribution in [2.24, 2.45) is 0 Å². The minimum atomic E-state index is -2.90. The predicted molar refractivity (Wildman–Crippen MR) is 99.6 cm³/mol. The van der Waals surface area contributed by atoms with Gasteiger partial charge in [-0.1, -0.05) is 28.9 Å². The van der Waals surface area contributed by atoms with Crippen LogP contribution < -0.4 is 0 Å². The Labute approximate surface area is 172 Å². The minimum absolute atomic E-state index is 0.0748. The maximum absolute atomic E-state index is 14.5. The zero-order valence-corrected chi connectivity index (χ0v) is 15.7. The molecule has 0 N–H and O–H groups in total. The number of halogens is 4. The number of alkyl halides is 2. The molecule has 0 aliphatic rings. The van der Waals surface area contributed by atoms with Crippen molar-refractivity contribution in [1.29, 1.82) is 0 Å². The first-order valence-electron chi connectivity index (χ1n) is 8.50. The number of carbonyl (C=O) groups is 1. The van der Waals surface area contributed by atoms with E-state index in [0.29, 0.717) is 23.1 Å². The molecule has 2 aromatic heterocycles. The SMILES string of the molecule is O=Cc1ccc(-c2cn(Cc3ccc(-c4nnc(C(F)F)o4)cc3F)nn2)cc1Cl. The van der Waals surface area contributed by atoms with Gasteiger partial charge < -0.3 is 4.42 Å². The summed E-state index contributed by atoms with van der Waals surface area (Å²) >= 11 is 6.03. The zero-order chi connectivity index (χ0) is 21.3. The third kappa shape index (κ3) is 3.94. The number of nitrogens with zero attached hydrogens (tertiary/aromatic N) is 5. The van der Waals surface area contributed by atoms with E-state index in [9.17, 15) is 18.0 Å². The molecule has 0 radical (unpaired) electrons. The summed E-state index contributed by atoms with van der Waals surface area (Å²) in [5, 5.41) is 15.0. The second-order valence-corrected chi connectivity index (χ2v) is 6.62. The lowest BCUT2D eigenvalue weighted by molar-refractivity contribution is 0.112. The van der Waals surface area contributed by atoms with E-state index < -0.39 is 18.1 Å². The molecule has 0 amide bonds. The molecular weight excluding hydrogens is 423 g/mol. The van der Waals surface area contributed by atoms with Gasteiger partial charge in [-0.2, -0.15) is 8.78 Å². The molecule has 0 saturated carbocycles. The Bertz CT molecular complexity index is 1220. The van der Waals surface area contributed by atoms with Gasteiger partial charge >= 0.3 is 6.43 Å². The van der Waals surface area contributed by atoms with Crippen LogP contribution >= 0.6 is 11.6 Å². The fourth-order valence-electron chi connectivity index (χ4n) is 2.71. The standard InChI is InChI=1S/C19H11ClF3N5O2/c20-14-5-10(1-4-13(14)9-29)16-8-28(27-24-16)7-12-3-2-11(6-15(12)21)18-25-26-19(30-18)17(22)23/h1-6,8-9,17H,7H2. The molecule has 4 rings (SSSR count). The number of aromatic nitrogens is 5. The highest BCUT2D eigenvalue weighted by Gasteiger charge is 2.18. The number of aldehydes is 1. The summed E-state index contributed by atoms with van der Waals surface area (Å²) in [6, 6.07) is 8.91. The van der Waals surface area contributed by atoms with Crippen LogP contribution in [0.2, 0.25) is 5.02 Å². The Morgan fingerprint density at radius 1 is 1.10 bits per heavy atom. The lowest BCUT2D eigenvalue weighted by atomic mass is 10.1. The molecule has 0 saturated heterocycles. The van der Waals surface area contributed by atoms with Crippen LogP contribution in [0.25, 0.3) is 22.7 Å². The molecule has 0 atom stereocenters. The van der Waals surface area contributed by atoms with E-state index in [0.717, 1.165) is 6.07 Å². The molecule has 2 heterocycles. The summed E-state index contributed by atoms with van der Waals surface area (Å²) in [7, 11) is 0. The van der Waals surface area contributed by atoms with E-state index in [1.807, 2.05) is 0 Å². The molecule has 0 unspecified atom stereocenters. The summed E-state index contributed by atoms with van der Waals surface area (Å²) in [6.45, 7) is 0.0748. The maximum Gasteiger partial charge on any atom is 0.314 e. The summed E-state index contributed by atoms with van der Waals surface area (Å²) in [5.41, 5.74) is 1.98. The predicted octanol–water partition coefficient (Wildman–Crippen LogP) is 4.59. The Morgan fingerprint density at radius 2 is 1.90 bits per heavy atom. The van der Waals surface area contributed by atoms with Gasteiger partial charge in [0.1, 0.15) is 11.5 Å². The van der Waals surface area contributed by atoms with E-state index in [1.54, 1.807) is 24.4 Å². The Morgan fingerprint density at radius 3 is 2.57 bits per heavy atom. The van der Waals surface area contributed by atoms with E-state index in [4.69, 9.17) is 16.0 Å². The Balaban J connectivity index is 1.53. The van der Waals surface area contributed by atoms with Crippen LogP contribution in [0, 0.1) is 5.82 Å². The number of benzene rings is 2. The molecule has 4 aromatic rings. The third-order valence-corrected chi connectivity index (χ3v) is 4.55. The van der Waals surface area contributed by atoms with Crippen molar-refractivity contribution in [2.45, 2.75) is 13.0 Å². The minimum Gasteiger partial charge on any atom is -0.415 e. The molecule has 152 valence electrons. The summed E-state index contributed by atoms with van der Waals surface area (Å²) in [5.74, 6) is -1.62. The normalized spacial score (nSPS) is 11.2. The van der Waals surface area contributed by atoms with E-state index >= 15 is 0 Å². The molecular formula is C19H11ClF3N5O2. The fourth-order valence-corrected chi connectivity index (χ4v) is 2.94. The van der Waals surface area contributed by atoms with Gasteiger partial charge in [0.05, 0.1) is 17.8 Å². The van der Waals surface area contributed by atoms with Crippen LogP contribution in [-0.2, 0) is 6.54 Å². The highest BCUT2D eigenvalue weighted by molar-refractivity contribution is 6.33. The smallest absolute Gasteiger partial charge is 0.314 e. The van der Waals surface area contributed by atoms with Crippen LogP contribution in [0.15, 0.2) is 47.0 Å². The first-order chi connectivity index (χ1) is 14.4. The molecule has 2 aromatic carbocycles. The lowest BCUT2D eigenvalue weighted by Gasteiger charge is -2.04.